The summed E-state index contributed by atoms with van der Waals surface area (Å²) in [6.07, 6.45) is 2.61. The van der Waals surface area contributed by atoms with E-state index in [4.69, 9.17) is 0 Å². The molecule has 0 unspecified atom stereocenters. The lowest BCUT2D eigenvalue weighted by molar-refractivity contribution is -0.133. The summed E-state index contributed by atoms with van der Waals surface area (Å²) in [6, 6.07) is 9.98. The van der Waals surface area contributed by atoms with Crippen LogP contribution in [-0.2, 0) is 26.0 Å². The van der Waals surface area contributed by atoms with Gasteiger partial charge in [-0.05, 0) is 24.8 Å². The third kappa shape index (κ3) is 5.07. The second kappa shape index (κ2) is 8.85. The molecule has 1 atom stereocenters. The van der Waals surface area contributed by atoms with E-state index in [1.54, 1.807) is 0 Å². The summed E-state index contributed by atoms with van der Waals surface area (Å²) in [5.41, 5.74) is 1.61. The fraction of sp³-hybridized carbons (Fsp3) is 0.571. The number of carbonyl (C=O) groups is 2. The SMILES string of the molecule is O=C(NC1CCN(Cc2ccccc2)CC1)C1=NN([C@@H]2CCS(=O)(=O)C2)C(=O)CC1. The second-order valence-corrected chi connectivity index (χ2v) is 10.6. The van der Waals surface area contributed by atoms with E-state index in [9.17, 15) is 18.0 Å². The fourth-order valence-electron chi connectivity index (χ4n) is 4.33. The topological polar surface area (TPSA) is 99.2 Å². The van der Waals surface area contributed by atoms with Crippen LogP contribution in [0.25, 0.3) is 0 Å². The van der Waals surface area contributed by atoms with E-state index in [1.165, 1.54) is 10.6 Å². The van der Waals surface area contributed by atoms with Gasteiger partial charge in [0, 0.05) is 38.5 Å². The average Bonchev–Trinajstić information content (AvgIpc) is 3.10. The molecule has 2 saturated heterocycles. The van der Waals surface area contributed by atoms with Gasteiger partial charge < -0.3 is 5.32 Å². The number of amides is 2. The van der Waals surface area contributed by atoms with Crippen LogP contribution in [0.4, 0.5) is 0 Å². The third-order valence-electron chi connectivity index (χ3n) is 6.05. The molecule has 2 amide bonds. The van der Waals surface area contributed by atoms with Crippen LogP contribution in [-0.4, -0.2) is 72.5 Å². The maximum Gasteiger partial charge on any atom is 0.267 e. The number of likely N-dealkylation sites (tertiary alicyclic amines) is 1. The average molecular weight is 433 g/mol. The van der Waals surface area contributed by atoms with Crippen molar-refractivity contribution in [1.82, 2.24) is 15.2 Å². The molecule has 9 heteroatoms. The standard InChI is InChI=1S/C21H28N4O4S/c26-20-7-6-19(23-25(20)18-10-13-30(28,29)15-18)21(27)22-17-8-11-24(12-9-17)14-16-4-2-1-3-5-16/h1-5,17-18H,6-15H2,(H,22,27)/t18-/m1/s1. The first-order chi connectivity index (χ1) is 14.4. The van der Waals surface area contributed by atoms with E-state index in [0.717, 1.165) is 32.5 Å². The summed E-state index contributed by atoms with van der Waals surface area (Å²) in [4.78, 5) is 27.3. The highest BCUT2D eigenvalue weighted by Gasteiger charge is 2.37. The van der Waals surface area contributed by atoms with Crippen molar-refractivity contribution in [3.8, 4) is 0 Å². The highest BCUT2D eigenvalue weighted by Crippen LogP contribution is 2.22. The number of piperidine rings is 1. The second-order valence-electron chi connectivity index (χ2n) is 8.35. The number of sulfone groups is 1. The molecule has 162 valence electrons. The van der Waals surface area contributed by atoms with Crippen LogP contribution in [0.3, 0.4) is 0 Å². The lowest BCUT2D eigenvalue weighted by Crippen LogP contribution is -2.48. The van der Waals surface area contributed by atoms with Crippen molar-refractivity contribution in [2.24, 2.45) is 5.10 Å². The number of carbonyl (C=O) groups excluding carboxylic acids is 2. The molecule has 1 N–H and O–H groups in total. The van der Waals surface area contributed by atoms with Crippen LogP contribution in [0.2, 0.25) is 0 Å². The first-order valence-corrected chi connectivity index (χ1v) is 12.4. The van der Waals surface area contributed by atoms with Gasteiger partial charge in [-0.2, -0.15) is 5.10 Å². The highest BCUT2D eigenvalue weighted by molar-refractivity contribution is 7.91. The van der Waals surface area contributed by atoms with Gasteiger partial charge in [0.05, 0.1) is 17.5 Å². The zero-order chi connectivity index (χ0) is 21.1. The van der Waals surface area contributed by atoms with E-state index in [2.05, 4.69) is 27.5 Å². The molecule has 1 aromatic carbocycles. The number of nitrogens with one attached hydrogen (secondary N) is 1. The largest absolute Gasteiger partial charge is 0.348 e. The van der Waals surface area contributed by atoms with Gasteiger partial charge in [-0.3, -0.25) is 14.5 Å². The molecule has 0 aliphatic carbocycles. The summed E-state index contributed by atoms with van der Waals surface area (Å²) in [5.74, 6) is -0.449. The van der Waals surface area contributed by atoms with Crippen LogP contribution < -0.4 is 5.32 Å². The Bertz CT molecular complexity index is 924. The minimum Gasteiger partial charge on any atom is -0.348 e. The zero-order valence-corrected chi connectivity index (χ0v) is 17.8. The van der Waals surface area contributed by atoms with Crippen LogP contribution in [0.15, 0.2) is 35.4 Å². The lowest BCUT2D eigenvalue weighted by atomic mass is 10.0. The first kappa shape index (κ1) is 21.0. The maximum atomic E-state index is 12.7. The fourth-order valence-corrected chi connectivity index (χ4v) is 6.03. The summed E-state index contributed by atoms with van der Waals surface area (Å²) in [6.45, 7) is 2.74. The summed E-state index contributed by atoms with van der Waals surface area (Å²) < 4.78 is 23.5. The van der Waals surface area contributed by atoms with Gasteiger partial charge in [0.1, 0.15) is 5.71 Å². The normalized spacial score (nSPS) is 25.2. The van der Waals surface area contributed by atoms with Crippen LogP contribution in [0.5, 0.6) is 0 Å². The molecule has 0 saturated carbocycles. The van der Waals surface area contributed by atoms with Crippen molar-refractivity contribution in [2.45, 2.75) is 50.7 Å². The molecule has 3 aliphatic rings. The monoisotopic (exact) mass is 432 g/mol. The van der Waals surface area contributed by atoms with Crippen LogP contribution in [0.1, 0.15) is 37.7 Å². The molecule has 3 aliphatic heterocycles. The molecule has 30 heavy (non-hydrogen) atoms. The Morgan fingerprint density at radius 1 is 1.10 bits per heavy atom. The summed E-state index contributed by atoms with van der Waals surface area (Å²) in [5, 5.41) is 8.56. The molecule has 0 radical (unpaired) electrons. The smallest absolute Gasteiger partial charge is 0.267 e. The molecule has 0 spiro atoms. The van der Waals surface area contributed by atoms with Crippen molar-refractivity contribution in [3.05, 3.63) is 35.9 Å². The van der Waals surface area contributed by atoms with E-state index in [-0.39, 0.29) is 35.8 Å². The predicted octanol–water partition coefficient (Wildman–Crippen LogP) is 0.933. The van der Waals surface area contributed by atoms with Gasteiger partial charge in [-0.1, -0.05) is 30.3 Å². The molecule has 1 aromatic rings. The van der Waals surface area contributed by atoms with Crippen molar-refractivity contribution in [3.63, 3.8) is 0 Å². The summed E-state index contributed by atoms with van der Waals surface area (Å²) >= 11 is 0. The van der Waals surface area contributed by atoms with Gasteiger partial charge in [0.2, 0.25) is 5.91 Å². The van der Waals surface area contributed by atoms with Crippen molar-refractivity contribution >= 4 is 27.4 Å². The minimum absolute atomic E-state index is 0.0695. The molecule has 0 aromatic heterocycles. The Morgan fingerprint density at radius 3 is 2.50 bits per heavy atom. The molecule has 4 rings (SSSR count). The van der Waals surface area contributed by atoms with Crippen molar-refractivity contribution < 1.29 is 18.0 Å². The predicted molar refractivity (Wildman–Crippen MR) is 113 cm³/mol. The summed E-state index contributed by atoms with van der Waals surface area (Å²) in [7, 11) is -3.12. The van der Waals surface area contributed by atoms with Crippen molar-refractivity contribution in [1.29, 1.82) is 0 Å². The highest BCUT2D eigenvalue weighted by atomic mass is 32.2. The number of hydrogen-bond acceptors (Lipinski definition) is 6. The minimum atomic E-state index is -3.12. The molecular weight excluding hydrogens is 404 g/mol. The molecule has 3 heterocycles. The quantitative estimate of drug-likeness (QED) is 0.746. The Labute approximate surface area is 177 Å². The van der Waals surface area contributed by atoms with Gasteiger partial charge in [0.25, 0.3) is 5.91 Å². The van der Waals surface area contributed by atoms with E-state index < -0.39 is 15.9 Å². The van der Waals surface area contributed by atoms with E-state index >= 15 is 0 Å². The Balaban J connectivity index is 1.30. The Morgan fingerprint density at radius 2 is 1.83 bits per heavy atom. The molecule has 8 nitrogen and oxygen atoms in total. The van der Waals surface area contributed by atoms with Crippen LogP contribution >= 0.6 is 0 Å². The van der Waals surface area contributed by atoms with Gasteiger partial charge >= 0.3 is 0 Å². The first-order valence-electron chi connectivity index (χ1n) is 10.6. The maximum absolute atomic E-state index is 12.7. The van der Waals surface area contributed by atoms with Crippen molar-refractivity contribution in [2.75, 3.05) is 24.6 Å². The number of benzene rings is 1. The molecule has 0 bridgehead atoms. The van der Waals surface area contributed by atoms with E-state index in [0.29, 0.717) is 18.6 Å². The lowest BCUT2D eigenvalue weighted by Gasteiger charge is -2.33. The van der Waals surface area contributed by atoms with Crippen LogP contribution in [0, 0.1) is 0 Å². The number of rotatable bonds is 5. The van der Waals surface area contributed by atoms with Gasteiger partial charge in [-0.25, -0.2) is 13.4 Å². The molecular formula is C21H28N4O4S. The van der Waals surface area contributed by atoms with E-state index in [1.807, 2.05) is 18.2 Å². The number of hydrogen-bond donors (Lipinski definition) is 1. The van der Waals surface area contributed by atoms with Gasteiger partial charge in [0.15, 0.2) is 9.84 Å². The zero-order valence-electron chi connectivity index (χ0n) is 17.0. The number of nitrogens with zero attached hydrogens (tertiary/aromatic N) is 3. The van der Waals surface area contributed by atoms with Gasteiger partial charge in [-0.15, -0.1) is 0 Å². The third-order valence-corrected chi connectivity index (χ3v) is 7.80. The number of hydrazone groups is 1. The Kier molecular flexibility index (Phi) is 6.19. The molecule has 2 fully saturated rings. The Hall–Kier alpha value is -2.26.